The van der Waals surface area contributed by atoms with Crippen LogP contribution >= 0.6 is 11.3 Å². The Kier molecular flexibility index (Phi) is 6.08. The average Bonchev–Trinajstić information content (AvgIpc) is 3.26. The minimum Gasteiger partial charge on any atom is -0.438 e. The zero-order chi connectivity index (χ0) is 23.0. The average molecular weight is 462 g/mol. The van der Waals surface area contributed by atoms with E-state index < -0.39 is 27.4 Å². The summed E-state index contributed by atoms with van der Waals surface area (Å²) < 4.78 is 32.5. The number of carbonyl (C=O) groups excluding carboxylic acids is 2. The van der Waals surface area contributed by atoms with E-state index in [1.807, 2.05) is 37.3 Å². The highest BCUT2D eigenvalue weighted by Crippen LogP contribution is 2.39. The number of aryl methyl sites for hydroxylation is 1. The Morgan fingerprint density at radius 2 is 1.71 bits per heavy atom. The maximum Gasteiger partial charge on any atom is 0.292 e. The van der Waals surface area contributed by atoms with Crippen LogP contribution in [-0.4, -0.2) is 25.8 Å². The zero-order valence-electron chi connectivity index (χ0n) is 17.5. The Hall–Kier alpha value is -2.95. The third-order valence-electron chi connectivity index (χ3n) is 4.13. The van der Waals surface area contributed by atoms with Crippen LogP contribution in [0.2, 0.25) is 0 Å². The molecular formula is C21H23N3O5S2. The van der Waals surface area contributed by atoms with Crippen molar-refractivity contribution in [3.8, 4) is 11.1 Å². The first kappa shape index (κ1) is 22.7. The highest BCUT2D eigenvalue weighted by atomic mass is 32.2. The molecule has 0 aliphatic heterocycles. The highest BCUT2D eigenvalue weighted by Gasteiger charge is 2.27. The Balaban J connectivity index is 1.92. The van der Waals surface area contributed by atoms with Crippen molar-refractivity contribution in [2.45, 2.75) is 38.3 Å². The Labute approximate surface area is 184 Å². The minimum atomic E-state index is -3.93. The fourth-order valence-corrected chi connectivity index (χ4v) is 5.46. The van der Waals surface area contributed by atoms with Crippen LogP contribution in [0.1, 0.15) is 46.6 Å². The van der Waals surface area contributed by atoms with Crippen LogP contribution in [0, 0.1) is 6.92 Å². The molecule has 0 fully saturated rings. The number of benzene rings is 1. The van der Waals surface area contributed by atoms with E-state index in [0.717, 1.165) is 10.4 Å². The number of hydrogen-bond acceptors (Lipinski definition) is 6. The number of amides is 2. The fourth-order valence-electron chi connectivity index (χ4n) is 3.02. The Morgan fingerprint density at radius 3 is 2.29 bits per heavy atom. The molecule has 2 amide bonds. The number of thiophene rings is 1. The molecule has 3 rings (SSSR count). The fraction of sp³-hybridized carbons (Fsp3) is 0.238. The van der Waals surface area contributed by atoms with Gasteiger partial charge in [0, 0.05) is 16.0 Å². The first-order valence-electron chi connectivity index (χ1n) is 9.33. The molecule has 164 valence electrons. The van der Waals surface area contributed by atoms with Gasteiger partial charge in [-0.2, -0.15) is 0 Å². The second-order valence-corrected chi connectivity index (χ2v) is 10.7. The summed E-state index contributed by atoms with van der Waals surface area (Å²) in [6, 6.07) is 11.7. The molecule has 0 unspecified atom stereocenters. The standard InChI is InChI=1S/C21H23N3O5S2/c1-12-16(13-8-6-5-7-9-13)17(18(22)25)20(30-12)23-19(26)14-10-11-15(29-14)31(27,28)24-21(2,3)4/h5-11,24H,1-4H3,(H2,22,25)(H,23,26). The summed E-state index contributed by atoms with van der Waals surface area (Å²) in [7, 11) is -3.93. The number of carbonyl (C=O) groups is 2. The molecule has 4 N–H and O–H groups in total. The van der Waals surface area contributed by atoms with Crippen molar-refractivity contribution >= 4 is 38.2 Å². The van der Waals surface area contributed by atoms with Gasteiger partial charge in [-0.05, 0) is 45.4 Å². The summed E-state index contributed by atoms with van der Waals surface area (Å²) in [6.07, 6.45) is 0. The van der Waals surface area contributed by atoms with Crippen LogP contribution in [0.4, 0.5) is 5.00 Å². The topological polar surface area (TPSA) is 132 Å². The van der Waals surface area contributed by atoms with Crippen molar-refractivity contribution in [2.75, 3.05) is 5.32 Å². The van der Waals surface area contributed by atoms with Crippen molar-refractivity contribution < 1.29 is 22.4 Å². The van der Waals surface area contributed by atoms with Gasteiger partial charge in [0.05, 0.1) is 5.56 Å². The van der Waals surface area contributed by atoms with E-state index in [1.54, 1.807) is 20.8 Å². The first-order valence-corrected chi connectivity index (χ1v) is 11.6. The maximum absolute atomic E-state index is 12.7. The molecule has 0 aliphatic rings. The van der Waals surface area contributed by atoms with Crippen LogP contribution in [0.15, 0.2) is 52.0 Å². The van der Waals surface area contributed by atoms with Gasteiger partial charge in [0.1, 0.15) is 5.00 Å². The van der Waals surface area contributed by atoms with Crippen molar-refractivity contribution in [3.05, 3.63) is 58.7 Å². The molecule has 0 saturated carbocycles. The third kappa shape index (κ3) is 5.04. The normalized spacial score (nSPS) is 12.0. The van der Waals surface area contributed by atoms with E-state index in [1.165, 1.54) is 23.5 Å². The number of hydrogen-bond donors (Lipinski definition) is 3. The van der Waals surface area contributed by atoms with Gasteiger partial charge >= 0.3 is 0 Å². The molecule has 31 heavy (non-hydrogen) atoms. The summed E-state index contributed by atoms with van der Waals surface area (Å²) >= 11 is 1.20. The molecule has 0 bridgehead atoms. The Bertz CT molecular complexity index is 1240. The molecule has 0 radical (unpaired) electrons. The highest BCUT2D eigenvalue weighted by molar-refractivity contribution is 7.89. The predicted octanol–water partition coefficient (Wildman–Crippen LogP) is 3.74. The molecule has 1 aromatic carbocycles. The molecule has 8 nitrogen and oxygen atoms in total. The number of nitrogens with one attached hydrogen (secondary N) is 2. The van der Waals surface area contributed by atoms with E-state index >= 15 is 0 Å². The van der Waals surface area contributed by atoms with Crippen LogP contribution in [0.3, 0.4) is 0 Å². The first-order chi connectivity index (χ1) is 14.4. The molecule has 0 atom stereocenters. The summed E-state index contributed by atoms with van der Waals surface area (Å²) in [4.78, 5) is 25.7. The van der Waals surface area contributed by atoms with Gasteiger partial charge in [0.15, 0.2) is 5.76 Å². The van der Waals surface area contributed by atoms with Gasteiger partial charge in [0.2, 0.25) is 5.09 Å². The molecule has 0 spiro atoms. The number of furan rings is 1. The summed E-state index contributed by atoms with van der Waals surface area (Å²) in [6.45, 7) is 6.90. The monoisotopic (exact) mass is 461 g/mol. The third-order valence-corrected chi connectivity index (χ3v) is 6.78. The van der Waals surface area contributed by atoms with E-state index in [-0.39, 0.29) is 21.4 Å². The number of sulfonamides is 1. The number of primary amides is 1. The van der Waals surface area contributed by atoms with Gasteiger partial charge in [-0.1, -0.05) is 30.3 Å². The zero-order valence-corrected chi connectivity index (χ0v) is 19.1. The quantitative estimate of drug-likeness (QED) is 0.514. The van der Waals surface area contributed by atoms with E-state index in [4.69, 9.17) is 10.2 Å². The van der Waals surface area contributed by atoms with Gasteiger partial charge in [-0.25, -0.2) is 13.1 Å². The van der Waals surface area contributed by atoms with Crippen LogP contribution in [0.25, 0.3) is 11.1 Å². The van der Waals surface area contributed by atoms with E-state index in [2.05, 4.69) is 10.0 Å². The molecule has 3 aromatic rings. The predicted molar refractivity (Wildman–Crippen MR) is 120 cm³/mol. The van der Waals surface area contributed by atoms with Crippen molar-refractivity contribution in [2.24, 2.45) is 5.73 Å². The molecular weight excluding hydrogens is 438 g/mol. The van der Waals surface area contributed by atoms with Gasteiger partial charge < -0.3 is 15.5 Å². The number of anilines is 1. The van der Waals surface area contributed by atoms with E-state index in [9.17, 15) is 18.0 Å². The lowest BCUT2D eigenvalue weighted by Crippen LogP contribution is -2.40. The molecule has 0 aliphatic carbocycles. The summed E-state index contributed by atoms with van der Waals surface area (Å²) in [5, 5.41) is 2.51. The smallest absolute Gasteiger partial charge is 0.292 e. The van der Waals surface area contributed by atoms with E-state index in [0.29, 0.717) is 5.56 Å². The lowest BCUT2D eigenvalue weighted by molar-refractivity contribution is 0.0992. The summed E-state index contributed by atoms with van der Waals surface area (Å²) in [5.74, 6) is -1.59. The summed E-state index contributed by atoms with van der Waals surface area (Å²) in [5.41, 5.74) is 6.52. The molecule has 2 heterocycles. The second-order valence-electron chi connectivity index (χ2n) is 7.90. The van der Waals surface area contributed by atoms with Crippen LogP contribution < -0.4 is 15.8 Å². The molecule has 10 heteroatoms. The van der Waals surface area contributed by atoms with Gasteiger partial charge in [-0.3, -0.25) is 9.59 Å². The lowest BCUT2D eigenvalue weighted by atomic mass is 10.0. The van der Waals surface area contributed by atoms with Gasteiger partial charge in [-0.15, -0.1) is 11.3 Å². The maximum atomic E-state index is 12.7. The SMILES string of the molecule is Cc1sc(NC(=O)c2ccc(S(=O)(=O)NC(C)(C)C)o2)c(C(N)=O)c1-c1ccccc1. The van der Waals surface area contributed by atoms with Crippen molar-refractivity contribution in [1.82, 2.24) is 4.72 Å². The number of nitrogens with two attached hydrogens (primary N) is 1. The molecule has 2 aromatic heterocycles. The Morgan fingerprint density at radius 1 is 1.06 bits per heavy atom. The minimum absolute atomic E-state index is 0.191. The largest absolute Gasteiger partial charge is 0.438 e. The number of rotatable bonds is 6. The van der Waals surface area contributed by atoms with Gasteiger partial charge in [0.25, 0.3) is 21.8 Å². The second kappa shape index (κ2) is 8.29. The molecule has 0 saturated heterocycles. The van der Waals surface area contributed by atoms with Crippen molar-refractivity contribution in [3.63, 3.8) is 0 Å². The lowest BCUT2D eigenvalue weighted by Gasteiger charge is -2.18. The van der Waals surface area contributed by atoms with Crippen LogP contribution in [0.5, 0.6) is 0 Å². The van der Waals surface area contributed by atoms with Crippen molar-refractivity contribution in [1.29, 1.82) is 0 Å². The van der Waals surface area contributed by atoms with Crippen LogP contribution in [-0.2, 0) is 10.0 Å².